The van der Waals surface area contributed by atoms with E-state index in [0.717, 1.165) is 0 Å². The number of nitro groups is 1. The monoisotopic (exact) mass is 269 g/mol. The van der Waals surface area contributed by atoms with E-state index in [1.54, 1.807) is 0 Å². The highest BCUT2D eigenvalue weighted by Crippen LogP contribution is 2.25. The van der Waals surface area contributed by atoms with Gasteiger partial charge in [-0.15, -0.1) is 0 Å². The fraction of sp³-hybridized carbons (Fsp3) is 0.583. The number of hydrogen-bond donors (Lipinski definition) is 1. The molecule has 0 aliphatic rings. The first-order valence-corrected chi connectivity index (χ1v) is 5.97. The molecule has 0 spiro atoms. The van der Waals surface area contributed by atoms with Crippen LogP contribution in [0.15, 0.2) is 12.1 Å². The SMILES string of the molecule is CCOC(C)(C)CNc1nc(OC)ccc1[N+](=O)[O-]. The average molecular weight is 269 g/mol. The van der Waals surface area contributed by atoms with Gasteiger partial charge >= 0.3 is 5.69 Å². The number of rotatable bonds is 7. The molecule has 0 bridgehead atoms. The zero-order chi connectivity index (χ0) is 14.5. The van der Waals surface area contributed by atoms with Gasteiger partial charge in [-0.05, 0) is 20.8 Å². The molecule has 1 aromatic heterocycles. The van der Waals surface area contributed by atoms with E-state index in [2.05, 4.69) is 10.3 Å². The van der Waals surface area contributed by atoms with Gasteiger partial charge in [0, 0.05) is 25.3 Å². The molecule has 1 heterocycles. The maximum Gasteiger partial charge on any atom is 0.311 e. The summed E-state index contributed by atoms with van der Waals surface area (Å²) in [4.78, 5) is 14.5. The van der Waals surface area contributed by atoms with E-state index in [1.165, 1.54) is 19.2 Å². The Morgan fingerprint density at radius 2 is 2.16 bits per heavy atom. The lowest BCUT2D eigenvalue weighted by Gasteiger charge is -2.25. The number of hydrogen-bond acceptors (Lipinski definition) is 6. The predicted octanol–water partition coefficient (Wildman–Crippen LogP) is 2.23. The van der Waals surface area contributed by atoms with Crippen LogP contribution < -0.4 is 10.1 Å². The average Bonchev–Trinajstić information content (AvgIpc) is 2.35. The minimum Gasteiger partial charge on any atom is -0.481 e. The maximum absolute atomic E-state index is 10.9. The molecular weight excluding hydrogens is 250 g/mol. The van der Waals surface area contributed by atoms with Crippen LogP contribution in [0.3, 0.4) is 0 Å². The van der Waals surface area contributed by atoms with Crippen molar-refractivity contribution in [3.63, 3.8) is 0 Å². The molecule has 1 N–H and O–H groups in total. The number of nitrogens with zero attached hydrogens (tertiary/aromatic N) is 2. The summed E-state index contributed by atoms with van der Waals surface area (Å²) in [5.74, 6) is 0.499. The standard InChI is InChI=1S/C12H19N3O4/c1-5-19-12(2,3)8-13-11-9(15(16)17)6-7-10(14-11)18-4/h6-7H,5,8H2,1-4H3,(H,13,14). The van der Waals surface area contributed by atoms with Crippen molar-refractivity contribution in [2.45, 2.75) is 26.4 Å². The third kappa shape index (κ3) is 4.36. The minimum absolute atomic E-state index is 0.0897. The highest BCUT2D eigenvalue weighted by atomic mass is 16.6. The Bertz CT molecular complexity index is 449. The minimum atomic E-state index is -0.484. The predicted molar refractivity (Wildman–Crippen MR) is 71.6 cm³/mol. The molecule has 0 radical (unpaired) electrons. The van der Waals surface area contributed by atoms with Gasteiger partial charge in [-0.2, -0.15) is 4.98 Å². The lowest BCUT2D eigenvalue weighted by Crippen LogP contribution is -2.33. The molecule has 0 amide bonds. The summed E-state index contributed by atoms with van der Waals surface area (Å²) < 4.78 is 10.5. The largest absolute Gasteiger partial charge is 0.481 e. The van der Waals surface area contributed by atoms with E-state index in [0.29, 0.717) is 19.0 Å². The lowest BCUT2D eigenvalue weighted by atomic mass is 10.1. The molecule has 0 aliphatic heterocycles. The first-order valence-electron chi connectivity index (χ1n) is 5.97. The van der Waals surface area contributed by atoms with Crippen LogP contribution in [0, 0.1) is 10.1 Å². The second kappa shape index (κ2) is 6.33. The summed E-state index contributed by atoms with van der Waals surface area (Å²) >= 11 is 0. The highest BCUT2D eigenvalue weighted by Gasteiger charge is 2.21. The molecule has 0 saturated carbocycles. The Labute approximate surface area is 112 Å². The molecule has 0 aromatic carbocycles. The van der Waals surface area contributed by atoms with E-state index in [9.17, 15) is 10.1 Å². The van der Waals surface area contributed by atoms with E-state index in [1.807, 2.05) is 20.8 Å². The molecule has 0 atom stereocenters. The van der Waals surface area contributed by atoms with Gasteiger partial charge in [-0.3, -0.25) is 10.1 Å². The molecule has 0 unspecified atom stereocenters. The molecule has 1 aromatic rings. The first kappa shape index (κ1) is 15.2. The number of anilines is 1. The molecular formula is C12H19N3O4. The van der Waals surface area contributed by atoms with Gasteiger partial charge < -0.3 is 14.8 Å². The summed E-state index contributed by atoms with van der Waals surface area (Å²) in [7, 11) is 1.46. The normalized spacial score (nSPS) is 11.2. The smallest absolute Gasteiger partial charge is 0.311 e. The van der Waals surface area contributed by atoms with Crippen LogP contribution >= 0.6 is 0 Å². The van der Waals surface area contributed by atoms with Crippen molar-refractivity contribution >= 4 is 11.5 Å². The quantitative estimate of drug-likeness (QED) is 0.603. The third-order valence-electron chi connectivity index (χ3n) is 2.47. The van der Waals surface area contributed by atoms with Gasteiger partial charge in [0.25, 0.3) is 0 Å². The molecule has 1 rings (SSSR count). The van der Waals surface area contributed by atoms with Crippen molar-refractivity contribution < 1.29 is 14.4 Å². The number of ether oxygens (including phenoxy) is 2. The van der Waals surface area contributed by atoms with Crippen molar-refractivity contribution in [2.24, 2.45) is 0 Å². The topological polar surface area (TPSA) is 86.5 Å². The Kier molecular flexibility index (Phi) is 5.05. The maximum atomic E-state index is 10.9. The van der Waals surface area contributed by atoms with E-state index in [-0.39, 0.29) is 11.5 Å². The fourth-order valence-corrected chi connectivity index (χ4v) is 1.56. The van der Waals surface area contributed by atoms with Gasteiger partial charge in [0.1, 0.15) is 0 Å². The van der Waals surface area contributed by atoms with E-state index >= 15 is 0 Å². The summed E-state index contributed by atoms with van der Waals surface area (Å²) in [5.41, 5.74) is -0.527. The summed E-state index contributed by atoms with van der Waals surface area (Å²) in [6.45, 7) is 6.67. The van der Waals surface area contributed by atoms with Gasteiger partial charge in [-0.25, -0.2) is 0 Å². The van der Waals surface area contributed by atoms with Gasteiger partial charge in [-0.1, -0.05) is 0 Å². The molecule has 106 valence electrons. The second-order valence-electron chi connectivity index (χ2n) is 4.52. The Morgan fingerprint density at radius 1 is 1.47 bits per heavy atom. The van der Waals surface area contributed by atoms with Crippen LogP contribution in [0.2, 0.25) is 0 Å². The molecule has 19 heavy (non-hydrogen) atoms. The fourth-order valence-electron chi connectivity index (χ4n) is 1.56. The van der Waals surface area contributed by atoms with Crippen LogP contribution in [-0.2, 0) is 4.74 Å². The van der Waals surface area contributed by atoms with Crippen molar-refractivity contribution in [2.75, 3.05) is 25.6 Å². The Balaban J connectivity index is 2.89. The zero-order valence-electron chi connectivity index (χ0n) is 11.6. The van der Waals surface area contributed by atoms with E-state index < -0.39 is 10.5 Å². The van der Waals surface area contributed by atoms with Crippen LogP contribution in [0.5, 0.6) is 5.88 Å². The molecule has 0 fully saturated rings. The van der Waals surface area contributed by atoms with Crippen molar-refractivity contribution in [3.05, 3.63) is 22.2 Å². The van der Waals surface area contributed by atoms with Crippen LogP contribution in [0.25, 0.3) is 0 Å². The van der Waals surface area contributed by atoms with Crippen molar-refractivity contribution in [1.29, 1.82) is 0 Å². The number of methoxy groups -OCH3 is 1. The highest BCUT2D eigenvalue weighted by molar-refractivity contribution is 5.57. The molecule has 0 aliphatic carbocycles. The number of nitrogens with one attached hydrogen (secondary N) is 1. The summed E-state index contributed by atoms with van der Waals surface area (Å²) in [5, 5.41) is 13.9. The van der Waals surface area contributed by atoms with Crippen LogP contribution in [0.1, 0.15) is 20.8 Å². The lowest BCUT2D eigenvalue weighted by molar-refractivity contribution is -0.384. The Hall–Kier alpha value is -1.89. The van der Waals surface area contributed by atoms with Crippen molar-refractivity contribution in [3.8, 4) is 5.88 Å². The molecule has 7 nitrogen and oxygen atoms in total. The van der Waals surface area contributed by atoms with Gasteiger partial charge in [0.15, 0.2) is 0 Å². The van der Waals surface area contributed by atoms with Gasteiger partial charge in [0.05, 0.1) is 17.6 Å². The third-order valence-corrected chi connectivity index (χ3v) is 2.47. The van der Waals surface area contributed by atoms with Crippen LogP contribution in [-0.4, -0.2) is 35.8 Å². The number of pyridine rings is 1. The zero-order valence-corrected chi connectivity index (χ0v) is 11.6. The molecule has 7 heteroatoms. The number of aromatic nitrogens is 1. The summed E-state index contributed by atoms with van der Waals surface area (Å²) in [6.07, 6.45) is 0. The van der Waals surface area contributed by atoms with E-state index in [4.69, 9.17) is 9.47 Å². The van der Waals surface area contributed by atoms with Crippen LogP contribution in [0.4, 0.5) is 11.5 Å². The van der Waals surface area contributed by atoms with Gasteiger partial charge in [0.2, 0.25) is 11.7 Å². The van der Waals surface area contributed by atoms with Crippen molar-refractivity contribution in [1.82, 2.24) is 4.98 Å². The molecule has 0 saturated heterocycles. The Morgan fingerprint density at radius 3 is 2.68 bits per heavy atom. The summed E-state index contributed by atoms with van der Waals surface area (Å²) in [6, 6.07) is 2.82. The first-order chi connectivity index (χ1) is 8.89. The second-order valence-corrected chi connectivity index (χ2v) is 4.52.